The molecule has 0 bridgehead atoms. The number of fused-ring (bicyclic) bond motifs is 3. The second-order valence-corrected chi connectivity index (χ2v) is 8.61. The number of anilines is 1. The lowest BCUT2D eigenvalue weighted by Gasteiger charge is -2.33. The van der Waals surface area contributed by atoms with E-state index in [0.717, 1.165) is 27.8 Å². The monoisotopic (exact) mass is 426 g/mol. The lowest BCUT2D eigenvalue weighted by atomic mass is 9.73. The summed E-state index contributed by atoms with van der Waals surface area (Å²) >= 11 is 0. The number of nitrogens with zero attached hydrogens (tertiary/aromatic N) is 5. The number of amides is 2. The Bertz CT molecular complexity index is 1400. The van der Waals surface area contributed by atoms with Crippen molar-refractivity contribution in [1.29, 1.82) is 0 Å². The molecule has 3 aromatic heterocycles. The van der Waals surface area contributed by atoms with Gasteiger partial charge in [0.15, 0.2) is 0 Å². The van der Waals surface area contributed by atoms with E-state index in [1.54, 1.807) is 21.8 Å². The van der Waals surface area contributed by atoms with Crippen molar-refractivity contribution < 1.29 is 9.59 Å². The number of benzene rings is 1. The zero-order valence-corrected chi connectivity index (χ0v) is 17.8. The number of para-hydroxylation sites is 1. The number of hydrogen-bond acceptors (Lipinski definition) is 4. The van der Waals surface area contributed by atoms with Gasteiger partial charge < -0.3 is 14.8 Å². The number of nitrogens with one attached hydrogen (secondary N) is 1. The molecule has 0 radical (unpaired) electrons. The Morgan fingerprint density at radius 2 is 2.00 bits per heavy atom. The summed E-state index contributed by atoms with van der Waals surface area (Å²) < 4.78 is 3.61. The number of hydrogen-bond donors (Lipinski definition) is 1. The molecule has 0 aliphatic carbocycles. The van der Waals surface area contributed by atoms with E-state index < -0.39 is 11.5 Å². The summed E-state index contributed by atoms with van der Waals surface area (Å²) in [5, 5.41) is 8.36. The van der Waals surface area contributed by atoms with Crippen molar-refractivity contribution in [2.75, 3.05) is 11.9 Å². The van der Waals surface area contributed by atoms with Gasteiger partial charge >= 0.3 is 0 Å². The van der Waals surface area contributed by atoms with Crippen LogP contribution in [0.5, 0.6) is 0 Å². The molecule has 1 aromatic carbocycles. The highest BCUT2D eigenvalue weighted by molar-refractivity contribution is 6.08. The van der Waals surface area contributed by atoms with E-state index in [9.17, 15) is 9.59 Å². The molecule has 2 aliphatic heterocycles. The third-order valence-corrected chi connectivity index (χ3v) is 6.82. The van der Waals surface area contributed by atoms with E-state index in [-0.39, 0.29) is 11.8 Å². The topological polar surface area (TPSA) is 85.0 Å². The first-order valence-electron chi connectivity index (χ1n) is 10.6. The van der Waals surface area contributed by atoms with Gasteiger partial charge in [-0.15, -0.1) is 0 Å². The van der Waals surface area contributed by atoms with Crippen LogP contribution in [-0.4, -0.2) is 42.6 Å². The summed E-state index contributed by atoms with van der Waals surface area (Å²) in [5.74, 6) is -0.260. The van der Waals surface area contributed by atoms with Crippen LogP contribution >= 0.6 is 0 Å². The molecule has 1 fully saturated rings. The Balaban J connectivity index is 1.50. The average Bonchev–Trinajstić information content (AvgIpc) is 3.55. The van der Waals surface area contributed by atoms with Crippen LogP contribution in [0, 0.1) is 0 Å². The minimum atomic E-state index is -0.857. The molecular formula is C24H22N6O2. The van der Waals surface area contributed by atoms with Crippen LogP contribution in [0.25, 0.3) is 11.0 Å². The molecule has 8 nitrogen and oxygen atoms in total. The van der Waals surface area contributed by atoms with Gasteiger partial charge in [-0.05, 0) is 36.2 Å². The summed E-state index contributed by atoms with van der Waals surface area (Å²) in [6.45, 7) is 0.451. The van der Waals surface area contributed by atoms with E-state index in [4.69, 9.17) is 0 Å². The molecule has 160 valence electrons. The smallest absolute Gasteiger partial charge is 0.273 e. The molecule has 6 rings (SSSR count). The van der Waals surface area contributed by atoms with Gasteiger partial charge in [0, 0.05) is 49.7 Å². The molecular weight excluding hydrogens is 404 g/mol. The maximum Gasteiger partial charge on any atom is 0.273 e. The molecule has 2 amide bonds. The maximum absolute atomic E-state index is 13.8. The Kier molecular flexibility index (Phi) is 3.83. The van der Waals surface area contributed by atoms with Crippen LogP contribution in [0.4, 0.5) is 5.69 Å². The van der Waals surface area contributed by atoms with Crippen LogP contribution in [0.2, 0.25) is 0 Å². The third kappa shape index (κ3) is 2.43. The van der Waals surface area contributed by atoms with Gasteiger partial charge in [-0.25, -0.2) is 4.98 Å². The zero-order valence-electron chi connectivity index (χ0n) is 17.8. The van der Waals surface area contributed by atoms with Crippen molar-refractivity contribution in [1.82, 2.24) is 24.2 Å². The molecule has 32 heavy (non-hydrogen) atoms. The first kappa shape index (κ1) is 18.8. The molecule has 0 saturated carbocycles. The minimum absolute atomic E-state index is 0.0753. The van der Waals surface area contributed by atoms with Crippen molar-refractivity contribution in [3.05, 3.63) is 77.9 Å². The predicted molar refractivity (Wildman–Crippen MR) is 119 cm³/mol. The maximum atomic E-state index is 13.8. The zero-order chi connectivity index (χ0) is 22.0. The standard InChI is InChI=1S/C24H22N6O2/c1-28-11-9-15-7-8-19(26-21(15)28)22(31)30-12-10-24(20(30)16-13-25-29(2)14-16)17-5-3-4-6-18(17)27-23(24)32/h3-9,11,13-14,20H,10,12H2,1-2H3,(H,27,32). The molecule has 2 atom stereocenters. The summed E-state index contributed by atoms with van der Waals surface area (Å²) in [6, 6.07) is 12.9. The van der Waals surface area contributed by atoms with Crippen molar-refractivity contribution in [2.24, 2.45) is 14.1 Å². The second kappa shape index (κ2) is 6.53. The minimum Gasteiger partial charge on any atom is -0.336 e. The van der Waals surface area contributed by atoms with E-state index in [1.807, 2.05) is 67.5 Å². The Morgan fingerprint density at radius 3 is 2.81 bits per heavy atom. The number of rotatable bonds is 2. The largest absolute Gasteiger partial charge is 0.336 e. The SMILES string of the molecule is Cn1cc(C2N(C(=O)c3ccc4ccn(C)c4n3)CCC23C(=O)Nc2ccccc23)cn1. The number of likely N-dealkylation sites (tertiary alicyclic amines) is 1. The molecule has 2 unspecified atom stereocenters. The van der Waals surface area contributed by atoms with Crippen molar-refractivity contribution in [3.63, 3.8) is 0 Å². The first-order valence-corrected chi connectivity index (χ1v) is 10.6. The Hall–Kier alpha value is -3.94. The molecule has 8 heteroatoms. The normalized spacial score (nSPS) is 22.0. The van der Waals surface area contributed by atoms with Gasteiger partial charge in [-0.1, -0.05) is 18.2 Å². The first-order chi connectivity index (χ1) is 15.5. The second-order valence-electron chi connectivity index (χ2n) is 8.61. The molecule has 1 N–H and O–H groups in total. The van der Waals surface area contributed by atoms with E-state index in [0.29, 0.717) is 18.7 Å². The van der Waals surface area contributed by atoms with Crippen LogP contribution < -0.4 is 5.32 Å². The lowest BCUT2D eigenvalue weighted by molar-refractivity contribution is -0.121. The summed E-state index contributed by atoms with van der Waals surface area (Å²) in [5.41, 5.74) is 2.85. The molecule has 5 heterocycles. The fraction of sp³-hybridized carbons (Fsp3) is 0.250. The highest BCUT2D eigenvalue weighted by Gasteiger charge is 2.59. The van der Waals surface area contributed by atoms with Gasteiger partial charge in [0.1, 0.15) is 16.8 Å². The van der Waals surface area contributed by atoms with E-state index >= 15 is 0 Å². The third-order valence-electron chi connectivity index (χ3n) is 6.82. The van der Waals surface area contributed by atoms with Gasteiger partial charge in [-0.2, -0.15) is 5.10 Å². The average molecular weight is 426 g/mol. The lowest BCUT2D eigenvalue weighted by Crippen LogP contribution is -2.42. The number of pyridine rings is 1. The number of aromatic nitrogens is 4. The van der Waals surface area contributed by atoms with Crippen molar-refractivity contribution in [3.8, 4) is 0 Å². The van der Waals surface area contributed by atoms with Crippen molar-refractivity contribution in [2.45, 2.75) is 17.9 Å². The molecule has 1 spiro atoms. The summed E-state index contributed by atoms with van der Waals surface area (Å²) in [6.07, 6.45) is 6.10. The van der Waals surface area contributed by atoms with E-state index in [1.165, 1.54) is 0 Å². The quantitative estimate of drug-likeness (QED) is 0.534. The fourth-order valence-electron chi connectivity index (χ4n) is 5.35. The van der Waals surface area contributed by atoms with Crippen LogP contribution in [0.3, 0.4) is 0 Å². The molecule has 4 aromatic rings. The van der Waals surface area contributed by atoms with Crippen LogP contribution in [0.15, 0.2) is 61.1 Å². The highest BCUT2D eigenvalue weighted by atomic mass is 16.2. The highest BCUT2D eigenvalue weighted by Crippen LogP contribution is 2.54. The summed E-state index contributed by atoms with van der Waals surface area (Å²) in [7, 11) is 3.75. The van der Waals surface area contributed by atoms with Crippen molar-refractivity contribution >= 4 is 28.5 Å². The Morgan fingerprint density at radius 1 is 1.16 bits per heavy atom. The van der Waals surface area contributed by atoms with E-state index in [2.05, 4.69) is 15.4 Å². The Labute approximate surface area is 184 Å². The van der Waals surface area contributed by atoms with Gasteiger partial charge in [0.05, 0.1) is 12.2 Å². The molecule has 2 aliphatic rings. The molecule has 1 saturated heterocycles. The number of aryl methyl sites for hydroxylation is 2. The van der Waals surface area contributed by atoms with Crippen LogP contribution in [0.1, 0.15) is 34.1 Å². The van der Waals surface area contributed by atoms with Gasteiger partial charge in [0.2, 0.25) is 5.91 Å². The van der Waals surface area contributed by atoms with Gasteiger partial charge in [0.25, 0.3) is 5.91 Å². The number of carbonyl (C=O) groups is 2. The fourth-order valence-corrected chi connectivity index (χ4v) is 5.35. The number of carbonyl (C=O) groups excluding carboxylic acids is 2. The predicted octanol–water partition coefficient (Wildman–Crippen LogP) is 2.78. The van der Waals surface area contributed by atoms with Gasteiger partial charge in [-0.3, -0.25) is 14.3 Å². The van der Waals surface area contributed by atoms with Crippen LogP contribution in [-0.2, 0) is 24.3 Å². The summed E-state index contributed by atoms with van der Waals surface area (Å²) in [4.78, 5) is 33.6.